The molecule has 4 heteroatoms. The Balaban J connectivity index is 1.49. The van der Waals surface area contributed by atoms with Crippen LogP contribution in [-0.2, 0) is 0 Å². The molecule has 0 atom stereocenters. The Kier molecular flexibility index (Phi) is 4.46. The van der Waals surface area contributed by atoms with Crippen molar-refractivity contribution in [3.63, 3.8) is 0 Å². The van der Waals surface area contributed by atoms with Crippen LogP contribution >= 0.6 is 0 Å². The summed E-state index contributed by atoms with van der Waals surface area (Å²) in [6.45, 7) is 4.69. The lowest BCUT2D eigenvalue weighted by molar-refractivity contribution is 0.238. The molecule has 0 radical (unpaired) electrons. The normalized spacial score (nSPS) is 18.9. The highest BCUT2D eigenvalue weighted by Crippen LogP contribution is 2.22. The number of aliphatic hydroxyl groups excluding tert-OH is 1. The fourth-order valence-electron chi connectivity index (χ4n) is 2.75. The van der Waals surface area contributed by atoms with Gasteiger partial charge in [0.1, 0.15) is 18.1 Å². The molecular formula is C17H22N2O2. The van der Waals surface area contributed by atoms with E-state index in [4.69, 9.17) is 4.74 Å². The van der Waals surface area contributed by atoms with Crippen LogP contribution in [0.15, 0.2) is 48.4 Å². The highest BCUT2D eigenvalue weighted by Gasteiger charge is 2.11. The molecule has 0 amide bonds. The van der Waals surface area contributed by atoms with E-state index in [9.17, 15) is 5.11 Å². The zero-order valence-electron chi connectivity index (χ0n) is 12.2. The first-order chi connectivity index (χ1) is 10.3. The SMILES string of the molecule is OC1=CC=CN(c2ccc(OCCN3CCCC3)cc2)C1. The van der Waals surface area contributed by atoms with Crippen LogP contribution < -0.4 is 9.64 Å². The van der Waals surface area contributed by atoms with Crippen molar-refractivity contribution >= 4 is 5.69 Å². The number of hydrogen-bond donors (Lipinski definition) is 1. The molecule has 1 fully saturated rings. The first-order valence-electron chi connectivity index (χ1n) is 7.59. The van der Waals surface area contributed by atoms with E-state index in [1.54, 1.807) is 6.08 Å². The molecule has 4 nitrogen and oxygen atoms in total. The quantitative estimate of drug-likeness (QED) is 0.903. The number of benzene rings is 1. The zero-order valence-corrected chi connectivity index (χ0v) is 12.2. The van der Waals surface area contributed by atoms with Crippen LogP contribution in [-0.4, -0.2) is 42.8 Å². The molecule has 1 saturated heterocycles. The number of allylic oxidation sites excluding steroid dienone is 2. The number of aliphatic hydroxyl groups is 1. The second-order valence-electron chi connectivity index (χ2n) is 5.52. The predicted octanol–water partition coefficient (Wildman–Crippen LogP) is 2.94. The lowest BCUT2D eigenvalue weighted by atomic mass is 10.2. The van der Waals surface area contributed by atoms with Gasteiger partial charge >= 0.3 is 0 Å². The summed E-state index contributed by atoms with van der Waals surface area (Å²) in [5.41, 5.74) is 1.05. The van der Waals surface area contributed by atoms with Gasteiger partial charge in [-0.05, 0) is 62.3 Å². The second-order valence-corrected chi connectivity index (χ2v) is 5.52. The topological polar surface area (TPSA) is 35.9 Å². The van der Waals surface area contributed by atoms with Gasteiger partial charge in [0.15, 0.2) is 0 Å². The minimum Gasteiger partial charge on any atom is -0.510 e. The lowest BCUT2D eigenvalue weighted by Gasteiger charge is -2.22. The predicted molar refractivity (Wildman–Crippen MR) is 84.8 cm³/mol. The van der Waals surface area contributed by atoms with Crippen LogP contribution in [0.5, 0.6) is 5.75 Å². The average Bonchev–Trinajstić information content (AvgIpc) is 3.01. The molecule has 0 saturated carbocycles. The molecule has 112 valence electrons. The second kappa shape index (κ2) is 6.68. The van der Waals surface area contributed by atoms with Gasteiger partial charge in [0.25, 0.3) is 0 Å². The van der Waals surface area contributed by atoms with Crippen molar-refractivity contribution in [3.05, 3.63) is 48.4 Å². The van der Waals surface area contributed by atoms with Crippen molar-refractivity contribution in [1.82, 2.24) is 4.90 Å². The maximum atomic E-state index is 9.55. The molecule has 2 aliphatic rings. The van der Waals surface area contributed by atoms with Crippen LogP contribution in [0, 0.1) is 0 Å². The Morgan fingerprint density at radius 2 is 1.86 bits per heavy atom. The van der Waals surface area contributed by atoms with Gasteiger partial charge in [-0.2, -0.15) is 0 Å². The van der Waals surface area contributed by atoms with Crippen LogP contribution in [0.3, 0.4) is 0 Å². The standard InChI is InChI=1S/C17H22N2O2/c20-16-4-3-11-19(14-16)15-5-7-17(8-6-15)21-13-12-18-9-1-2-10-18/h3-8,11,20H,1-2,9-10,12-14H2. The summed E-state index contributed by atoms with van der Waals surface area (Å²) in [6, 6.07) is 8.02. The van der Waals surface area contributed by atoms with E-state index in [2.05, 4.69) is 4.90 Å². The van der Waals surface area contributed by atoms with Crippen molar-refractivity contribution in [2.45, 2.75) is 12.8 Å². The van der Waals surface area contributed by atoms with Gasteiger partial charge in [0.2, 0.25) is 0 Å². The summed E-state index contributed by atoms with van der Waals surface area (Å²) in [5.74, 6) is 1.28. The van der Waals surface area contributed by atoms with Gasteiger partial charge in [0.05, 0.1) is 6.54 Å². The van der Waals surface area contributed by atoms with E-state index in [0.717, 1.165) is 24.6 Å². The van der Waals surface area contributed by atoms with Crippen LogP contribution in [0.1, 0.15) is 12.8 Å². The molecule has 21 heavy (non-hydrogen) atoms. The largest absolute Gasteiger partial charge is 0.510 e. The van der Waals surface area contributed by atoms with E-state index in [1.807, 2.05) is 41.4 Å². The highest BCUT2D eigenvalue weighted by atomic mass is 16.5. The number of rotatable bonds is 5. The van der Waals surface area contributed by atoms with Crippen molar-refractivity contribution in [2.75, 3.05) is 37.7 Å². The first kappa shape index (κ1) is 14.0. The molecule has 0 aliphatic carbocycles. The lowest BCUT2D eigenvalue weighted by Crippen LogP contribution is -2.25. The summed E-state index contributed by atoms with van der Waals surface area (Å²) >= 11 is 0. The van der Waals surface area contributed by atoms with E-state index in [-0.39, 0.29) is 0 Å². The molecule has 1 aromatic carbocycles. The maximum Gasteiger partial charge on any atom is 0.119 e. The summed E-state index contributed by atoms with van der Waals surface area (Å²) in [5, 5.41) is 9.55. The van der Waals surface area contributed by atoms with E-state index < -0.39 is 0 Å². The molecule has 3 rings (SSSR count). The Morgan fingerprint density at radius 3 is 2.57 bits per heavy atom. The monoisotopic (exact) mass is 286 g/mol. The van der Waals surface area contributed by atoms with Crippen LogP contribution in [0.25, 0.3) is 0 Å². The summed E-state index contributed by atoms with van der Waals surface area (Å²) < 4.78 is 5.79. The van der Waals surface area contributed by atoms with Crippen molar-refractivity contribution < 1.29 is 9.84 Å². The molecular weight excluding hydrogens is 264 g/mol. The van der Waals surface area contributed by atoms with Crippen molar-refractivity contribution in [2.24, 2.45) is 0 Å². The molecule has 0 unspecified atom stereocenters. The average molecular weight is 286 g/mol. The van der Waals surface area contributed by atoms with E-state index in [0.29, 0.717) is 12.3 Å². The minimum absolute atomic E-state index is 0.378. The van der Waals surface area contributed by atoms with Gasteiger partial charge in [0, 0.05) is 18.4 Å². The summed E-state index contributed by atoms with van der Waals surface area (Å²) in [6.07, 6.45) is 8.16. The fourth-order valence-corrected chi connectivity index (χ4v) is 2.75. The van der Waals surface area contributed by atoms with Crippen molar-refractivity contribution in [1.29, 1.82) is 0 Å². The molecule has 0 bridgehead atoms. The Morgan fingerprint density at radius 1 is 1.10 bits per heavy atom. The van der Waals surface area contributed by atoms with Crippen LogP contribution in [0.2, 0.25) is 0 Å². The smallest absolute Gasteiger partial charge is 0.119 e. The van der Waals surface area contributed by atoms with E-state index >= 15 is 0 Å². The molecule has 2 aliphatic heterocycles. The number of hydrogen-bond acceptors (Lipinski definition) is 4. The number of anilines is 1. The van der Waals surface area contributed by atoms with Crippen LogP contribution in [0.4, 0.5) is 5.69 Å². The molecule has 2 heterocycles. The Hall–Kier alpha value is -1.94. The fraction of sp³-hybridized carbons (Fsp3) is 0.412. The number of likely N-dealkylation sites (tertiary alicyclic amines) is 1. The third-order valence-corrected chi connectivity index (χ3v) is 3.93. The van der Waals surface area contributed by atoms with Gasteiger partial charge in [-0.25, -0.2) is 0 Å². The van der Waals surface area contributed by atoms with Gasteiger partial charge in [-0.15, -0.1) is 0 Å². The molecule has 0 aromatic heterocycles. The molecule has 1 aromatic rings. The maximum absolute atomic E-state index is 9.55. The first-order valence-corrected chi connectivity index (χ1v) is 7.59. The third kappa shape index (κ3) is 3.79. The third-order valence-electron chi connectivity index (χ3n) is 3.93. The number of nitrogens with zero attached hydrogens (tertiary/aromatic N) is 2. The summed E-state index contributed by atoms with van der Waals surface area (Å²) in [4.78, 5) is 4.45. The Bertz CT molecular complexity index is 516. The van der Waals surface area contributed by atoms with E-state index in [1.165, 1.54) is 25.9 Å². The zero-order chi connectivity index (χ0) is 14.5. The number of ether oxygens (including phenoxy) is 1. The molecule has 0 spiro atoms. The highest BCUT2D eigenvalue weighted by molar-refractivity contribution is 5.53. The molecule has 1 N–H and O–H groups in total. The van der Waals surface area contributed by atoms with Crippen molar-refractivity contribution in [3.8, 4) is 5.75 Å². The minimum atomic E-state index is 0.378. The summed E-state index contributed by atoms with van der Waals surface area (Å²) in [7, 11) is 0. The van der Waals surface area contributed by atoms with Gasteiger partial charge < -0.3 is 14.7 Å². The van der Waals surface area contributed by atoms with Gasteiger partial charge in [-0.3, -0.25) is 4.90 Å². The van der Waals surface area contributed by atoms with Gasteiger partial charge in [-0.1, -0.05) is 0 Å². The Labute approximate surface area is 125 Å².